The lowest BCUT2D eigenvalue weighted by Crippen LogP contribution is -2.35. The van der Waals surface area contributed by atoms with Gasteiger partial charge in [0.1, 0.15) is 5.39 Å². The molecule has 2 aliphatic carbocycles. The summed E-state index contributed by atoms with van der Waals surface area (Å²) in [6, 6.07) is 10.0. The first-order chi connectivity index (χ1) is 17.8. The molecule has 1 spiro atoms. The van der Waals surface area contributed by atoms with E-state index in [0.717, 1.165) is 37.3 Å². The van der Waals surface area contributed by atoms with Gasteiger partial charge in [0, 0.05) is 48.7 Å². The second kappa shape index (κ2) is 7.89. The molecule has 3 aromatic heterocycles. The Morgan fingerprint density at radius 2 is 1.92 bits per heavy atom. The summed E-state index contributed by atoms with van der Waals surface area (Å²) in [6.45, 7) is 6.01. The topological polar surface area (TPSA) is 90.0 Å². The second-order valence-corrected chi connectivity index (χ2v) is 11.3. The molecule has 1 N–H and O–H groups in total. The largest absolute Gasteiger partial charge is 0.324 e. The van der Waals surface area contributed by atoms with Gasteiger partial charge in [0.25, 0.3) is 11.1 Å². The highest BCUT2D eigenvalue weighted by molar-refractivity contribution is 5.77. The Bertz CT molecular complexity index is 1670. The molecule has 0 amide bonds. The zero-order valence-electron chi connectivity index (χ0n) is 21.4. The number of pyridine rings is 1. The van der Waals surface area contributed by atoms with Crippen LogP contribution < -0.4 is 16.4 Å². The van der Waals surface area contributed by atoms with Crippen LogP contribution >= 0.6 is 0 Å². The number of likely N-dealkylation sites (N-methyl/N-ethyl adjacent to an activating group) is 1. The quantitative estimate of drug-likeness (QED) is 0.450. The first-order valence-electron chi connectivity index (χ1n) is 13.1. The molecule has 4 heterocycles. The van der Waals surface area contributed by atoms with Crippen molar-refractivity contribution in [1.82, 2.24) is 28.8 Å². The average molecular weight is 498 g/mol. The van der Waals surface area contributed by atoms with Gasteiger partial charge in [-0.2, -0.15) is 4.98 Å². The Hall–Kier alpha value is -3.72. The molecule has 0 radical (unpaired) electrons. The van der Waals surface area contributed by atoms with Crippen LogP contribution in [0.25, 0.3) is 16.7 Å². The van der Waals surface area contributed by atoms with Gasteiger partial charge in [-0.3, -0.25) is 9.59 Å². The van der Waals surface area contributed by atoms with Crippen LogP contribution in [-0.4, -0.2) is 42.4 Å². The van der Waals surface area contributed by atoms with E-state index in [4.69, 9.17) is 4.98 Å². The highest BCUT2D eigenvalue weighted by Gasteiger charge is 2.48. The minimum absolute atomic E-state index is 0.0000540. The van der Waals surface area contributed by atoms with E-state index in [0.29, 0.717) is 22.4 Å². The van der Waals surface area contributed by atoms with Crippen molar-refractivity contribution < 1.29 is 0 Å². The minimum atomic E-state index is -0.0992. The molecule has 37 heavy (non-hydrogen) atoms. The maximum atomic E-state index is 13.4. The Morgan fingerprint density at radius 3 is 2.65 bits per heavy atom. The van der Waals surface area contributed by atoms with Crippen molar-refractivity contribution in [3.8, 4) is 5.69 Å². The molecule has 3 aliphatic rings. The van der Waals surface area contributed by atoms with Gasteiger partial charge >= 0.3 is 0 Å². The summed E-state index contributed by atoms with van der Waals surface area (Å²) in [4.78, 5) is 37.5. The monoisotopic (exact) mass is 497 g/mol. The van der Waals surface area contributed by atoms with Gasteiger partial charge in [-0.15, -0.1) is 0 Å². The minimum Gasteiger partial charge on any atom is -0.324 e. The fourth-order valence-electron chi connectivity index (χ4n) is 5.95. The van der Waals surface area contributed by atoms with E-state index in [2.05, 4.69) is 40.4 Å². The van der Waals surface area contributed by atoms with E-state index in [1.165, 1.54) is 24.0 Å². The number of benzene rings is 1. The van der Waals surface area contributed by atoms with Crippen molar-refractivity contribution in [3.05, 3.63) is 74.6 Å². The maximum Gasteiger partial charge on any atom is 0.278 e. The number of rotatable bonds is 5. The summed E-state index contributed by atoms with van der Waals surface area (Å²) in [5, 5.41) is 3.85. The van der Waals surface area contributed by atoms with Gasteiger partial charge in [-0.1, -0.05) is 6.07 Å². The van der Waals surface area contributed by atoms with Crippen LogP contribution in [0.5, 0.6) is 0 Å². The van der Waals surface area contributed by atoms with E-state index in [-0.39, 0.29) is 23.2 Å². The predicted molar refractivity (Wildman–Crippen MR) is 143 cm³/mol. The number of nitrogens with one attached hydrogen (secondary N) is 1. The fourth-order valence-corrected chi connectivity index (χ4v) is 5.95. The molecule has 0 saturated heterocycles. The van der Waals surface area contributed by atoms with Gasteiger partial charge in [-0.05, 0) is 75.9 Å². The van der Waals surface area contributed by atoms with Crippen molar-refractivity contribution in [2.45, 2.75) is 63.6 Å². The van der Waals surface area contributed by atoms with Crippen LogP contribution in [0, 0.1) is 0 Å². The van der Waals surface area contributed by atoms with E-state index in [9.17, 15) is 9.59 Å². The fraction of sp³-hybridized carbons (Fsp3) is 0.429. The van der Waals surface area contributed by atoms with Crippen LogP contribution in [0.1, 0.15) is 62.7 Å². The second-order valence-electron chi connectivity index (χ2n) is 11.3. The van der Waals surface area contributed by atoms with Crippen molar-refractivity contribution in [2.24, 2.45) is 0 Å². The van der Waals surface area contributed by atoms with Crippen LogP contribution in [0.3, 0.4) is 0 Å². The molecule has 1 aromatic carbocycles. The highest BCUT2D eigenvalue weighted by Crippen LogP contribution is 2.52. The van der Waals surface area contributed by atoms with Crippen LogP contribution in [0.15, 0.2) is 52.3 Å². The van der Waals surface area contributed by atoms with E-state index in [1.54, 1.807) is 27.6 Å². The van der Waals surface area contributed by atoms with Gasteiger partial charge < -0.3 is 14.8 Å². The van der Waals surface area contributed by atoms with Gasteiger partial charge in [0.05, 0.1) is 11.7 Å². The maximum absolute atomic E-state index is 13.4. The number of hydrogen-bond donors (Lipinski definition) is 1. The summed E-state index contributed by atoms with van der Waals surface area (Å²) >= 11 is 0. The molecule has 4 aromatic rings. The first-order valence-corrected chi connectivity index (χ1v) is 13.1. The lowest BCUT2D eigenvalue weighted by atomic mass is 9.87. The smallest absolute Gasteiger partial charge is 0.278 e. The normalized spacial score (nSPS) is 18.5. The highest BCUT2D eigenvalue weighted by atomic mass is 16.1. The van der Waals surface area contributed by atoms with Crippen LogP contribution in [-0.2, 0) is 12.0 Å². The molecule has 0 unspecified atom stereocenters. The third-order valence-electron chi connectivity index (χ3n) is 8.04. The van der Waals surface area contributed by atoms with E-state index in [1.807, 2.05) is 24.7 Å². The summed E-state index contributed by atoms with van der Waals surface area (Å²) in [7, 11) is 2.19. The summed E-state index contributed by atoms with van der Waals surface area (Å²) < 4.78 is 5.32. The first kappa shape index (κ1) is 22.5. The van der Waals surface area contributed by atoms with Crippen LogP contribution in [0.4, 0.5) is 11.6 Å². The SMILES string of the molecule is CC(C)n1cc(-n2c3nc(Nc4ccc5c(c4)CN(C)CC54CC4)ncc3c(=O)n2C2CC2)ccc1=O. The molecule has 2 saturated carbocycles. The molecule has 190 valence electrons. The van der Waals surface area contributed by atoms with Gasteiger partial charge in [0.15, 0.2) is 5.65 Å². The van der Waals surface area contributed by atoms with E-state index < -0.39 is 0 Å². The summed E-state index contributed by atoms with van der Waals surface area (Å²) in [6.07, 6.45) is 7.85. The number of aromatic nitrogens is 5. The van der Waals surface area contributed by atoms with Crippen molar-refractivity contribution >= 4 is 22.7 Å². The molecule has 9 heteroatoms. The molecule has 0 bridgehead atoms. The number of nitrogens with zero attached hydrogens (tertiary/aromatic N) is 6. The Morgan fingerprint density at radius 1 is 1.11 bits per heavy atom. The Kier molecular flexibility index (Phi) is 4.79. The number of anilines is 2. The standard InChI is InChI=1S/C28H31N7O2/c1-17(2)33-15-21(7-9-24(33)36)34-25-22(26(37)35(34)20-5-6-20)13-29-27(31-25)30-19-4-8-23-18(12-19)14-32(3)16-28(23)10-11-28/h4,7-9,12-13,15,17,20H,5-6,10-11,14,16H2,1-3H3,(H,29,30,31). The lowest BCUT2D eigenvalue weighted by Gasteiger charge is -2.32. The Labute approximate surface area is 214 Å². The average Bonchev–Trinajstić information content (AvgIpc) is 3.80. The third kappa shape index (κ3) is 3.63. The van der Waals surface area contributed by atoms with Gasteiger partial charge in [-0.25, -0.2) is 14.3 Å². The molecule has 2 fully saturated rings. The molecular weight excluding hydrogens is 466 g/mol. The third-order valence-corrected chi connectivity index (χ3v) is 8.04. The zero-order valence-corrected chi connectivity index (χ0v) is 21.4. The van der Waals surface area contributed by atoms with Crippen molar-refractivity contribution in [1.29, 1.82) is 0 Å². The molecule has 7 rings (SSSR count). The zero-order chi connectivity index (χ0) is 25.5. The summed E-state index contributed by atoms with van der Waals surface area (Å²) in [5.74, 6) is 0.441. The molecule has 0 atom stereocenters. The van der Waals surface area contributed by atoms with Crippen molar-refractivity contribution in [3.63, 3.8) is 0 Å². The number of hydrogen-bond acceptors (Lipinski definition) is 6. The summed E-state index contributed by atoms with van der Waals surface area (Å²) in [5.41, 5.74) is 5.21. The lowest BCUT2D eigenvalue weighted by molar-refractivity contribution is 0.271. The molecule has 9 nitrogen and oxygen atoms in total. The molecule has 1 aliphatic heterocycles. The predicted octanol–water partition coefficient (Wildman–Crippen LogP) is 3.88. The van der Waals surface area contributed by atoms with Gasteiger partial charge in [0.2, 0.25) is 5.95 Å². The van der Waals surface area contributed by atoms with Crippen LogP contribution in [0.2, 0.25) is 0 Å². The number of fused-ring (bicyclic) bond motifs is 3. The van der Waals surface area contributed by atoms with Crippen molar-refractivity contribution in [2.75, 3.05) is 18.9 Å². The van der Waals surface area contributed by atoms with E-state index >= 15 is 0 Å². The Balaban J connectivity index is 1.32. The molecular formula is C28H31N7O2.